The first-order chi connectivity index (χ1) is 11.0. The Labute approximate surface area is 138 Å². The molecule has 5 heteroatoms. The maximum absolute atomic E-state index is 12.8. The van der Waals surface area contributed by atoms with Gasteiger partial charge in [0.05, 0.1) is 27.9 Å². The number of carbonyl (C=O) groups excluding carboxylic acids is 1. The van der Waals surface area contributed by atoms with Crippen LogP contribution >= 0.6 is 0 Å². The quantitative estimate of drug-likeness (QED) is 0.754. The average Bonchev–Trinajstić information content (AvgIpc) is 2.52. The second-order valence-corrected chi connectivity index (χ2v) is 6.47. The van der Waals surface area contributed by atoms with Crippen LogP contribution in [0.2, 0.25) is 0 Å². The fourth-order valence-corrected chi connectivity index (χ4v) is 3.48. The molecule has 0 radical (unpaired) electrons. The Morgan fingerprint density at radius 2 is 1.57 bits per heavy atom. The second kappa shape index (κ2) is 7.68. The van der Waals surface area contributed by atoms with E-state index in [2.05, 4.69) is 18.7 Å². The molecular weight excluding hydrogens is 294 g/mol. The van der Waals surface area contributed by atoms with Crippen LogP contribution in [-0.2, 0) is 0 Å². The molecule has 0 spiro atoms. The molecule has 0 aromatic heterocycles. The van der Waals surface area contributed by atoms with E-state index in [1.54, 1.807) is 33.5 Å². The number of methoxy groups -OCH3 is 3. The molecule has 1 saturated heterocycles. The number of Topliss-reactive ketones (excluding diaryl/α,β-unsaturated/α-hetero) is 1. The van der Waals surface area contributed by atoms with Crippen molar-refractivity contribution in [2.75, 3.05) is 41.0 Å². The summed E-state index contributed by atoms with van der Waals surface area (Å²) in [5, 5.41) is 0. The van der Waals surface area contributed by atoms with Crippen LogP contribution in [0.4, 0.5) is 0 Å². The minimum atomic E-state index is 0.0163. The third kappa shape index (κ3) is 4.16. The van der Waals surface area contributed by atoms with Gasteiger partial charge in [-0.25, -0.2) is 0 Å². The molecule has 0 N–H and O–H groups in total. The van der Waals surface area contributed by atoms with Crippen LogP contribution in [-0.4, -0.2) is 51.6 Å². The van der Waals surface area contributed by atoms with Crippen molar-refractivity contribution in [3.05, 3.63) is 17.7 Å². The van der Waals surface area contributed by atoms with E-state index in [9.17, 15) is 4.79 Å². The molecule has 0 aliphatic carbocycles. The van der Waals surface area contributed by atoms with Gasteiger partial charge in [0.15, 0.2) is 5.78 Å². The Kier molecular flexibility index (Phi) is 5.88. The van der Waals surface area contributed by atoms with Crippen molar-refractivity contribution in [2.45, 2.75) is 20.3 Å². The van der Waals surface area contributed by atoms with Gasteiger partial charge in [-0.05, 0) is 18.3 Å². The molecule has 2 unspecified atom stereocenters. The van der Waals surface area contributed by atoms with E-state index in [1.165, 1.54) is 6.42 Å². The van der Waals surface area contributed by atoms with Gasteiger partial charge in [-0.2, -0.15) is 0 Å². The summed E-state index contributed by atoms with van der Waals surface area (Å²) in [7, 11) is 4.68. The standard InChI is InChI=1S/C18H27NO4/c1-12-6-13(2)10-19(9-12)11-15(20)18-16(22-4)7-14(21-3)8-17(18)23-5/h7-8,12-13H,6,9-11H2,1-5H3. The highest BCUT2D eigenvalue weighted by atomic mass is 16.5. The first kappa shape index (κ1) is 17.6. The maximum atomic E-state index is 12.8. The normalized spacial score (nSPS) is 21.8. The van der Waals surface area contributed by atoms with Crippen LogP contribution in [0.5, 0.6) is 17.2 Å². The van der Waals surface area contributed by atoms with Gasteiger partial charge in [0, 0.05) is 25.2 Å². The molecule has 1 aromatic rings. The fraction of sp³-hybridized carbons (Fsp3) is 0.611. The molecular formula is C18H27NO4. The van der Waals surface area contributed by atoms with E-state index in [0.29, 0.717) is 41.2 Å². The summed E-state index contributed by atoms with van der Waals surface area (Å²) in [4.78, 5) is 15.1. The molecule has 0 amide bonds. The molecule has 5 nitrogen and oxygen atoms in total. The molecule has 0 bridgehead atoms. The smallest absolute Gasteiger partial charge is 0.184 e. The predicted octanol–water partition coefficient (Wildman–Crippen LogP) is 2.87. The number of carbonyl (C=O) groups is 1. The highest BCUT2D eigenvalue weighted by Crippen LogP contribution is 2.34. The number of ketones is 1. The van der Waals surface area contributed by atoms with E-state index in [0.717, 1.165) is 13.1 Å². The SMILES string of the molecule is COc1cc(OC)c(C(=O)CN2CC(C)CC(C)C2)c(OC)c1. The number of hydrogen-bond donors (Lipinski definition) is 0. The van der Waals surface area contributed by atoms with E-state index in [4.69, 9.17) is 14.2 Å². The fourth-order valence-electron chi connectivity index (χ4n) is 3.48. The zero-order valence-electron chi connectivity index (χ0n) is 14.7. The Morgan fingerprint density at radius 3 is 2.00 bits per heavy atom. The van der Waals surface area contributed by atoms with Crippen LogP contribution in [0.3, 0.4) is 0 Å². The molecule has 1 aromatic carbocycles. The zero-order chi connectivity index (χ0) is 17.0. The van der Waals surface area contributed by atoms with Crippen molar-refractivity contribution < 1.29 is 19.0 Å². The van der Waals surface area contributed by atoms with E-state index in [1.807, 2.05) is 0 Å². The molecule has 1 heterocycles. The third-order valence-corrected chi connectivity index (χ3v) is 4.31. The van der Waals surface area contributed by atoms with Gasteiger partial charge < -0.3 is 14.2 Å². The van der Waals surface area contributed by atoms with Crippen LogP contribution in [0, 0.1) is 11.8 Å². The number of hydrogen-bond acceptors (Lipinski definition) is 5. The molecule has 1 aliphatic rings. The minimum Gasteiger partial charge on any atom is -0.496 e. The second-order valence-electron chi connectivity index (χ2n) is 6.47. The Balaban J connectivity index is 2.24. The Morgan fingerprint density at radius 1 is 1.04 bits per heavy atom. The van der Waals surface area contributed by atoms with Crippen molar-refractivity contribution in [2.24, 2.45) is 11.8 Å². The van der Waals surface area contributed by atoms with E-state index in [-0.39, 0.29) is 5.78 Å². The first-order valence-electron chi connectivity index (χ1n) is 8.04. The largest absolute Gasteiger partial charge is 0.496 e. The van der Waals surface area contributed by atoms with Gasteiger partial charge in [0.1, 0.15) is 22.8 Å². The van der Waals surface area contributed by atoms with Crippen molar-refractivity contribution >= 4 is 5.78 Å². The average molecular weight is 321 g/mol. The first-order valence-corrected chi connectivity index (χ1v) is 8.04. The highest BCUT2D eigenvalue weighted by Gasteiger charge is 2.26. The van der Waals surface area contributed by atoms with E-state index >= 15 is 0 Å². The zero-order valence-corrected chi connectivity index (χ0v) is 14.7. The van der Waals surface area contributed by atoms with Gasteiger partial charge in [0.25, 0.3) is 0 Å². The highest BCUT2D eigenvalue weighted by molar-refractivity contribution is 6.03. The number of nitrogens with zero attached hydrogens (tertiary/aromatic N) is 1. The lowest BCUT2D eigenvalue weighted by molar-refractivity contribution is 0.0844. The monoisotopic (exact) mass is 321 g/mol. The number of piperidine rings is 1. The summed E-state index contributed by atoms with van der Waals surface area (Å²) in [6.07, 6.45) is 1.22. The lowest BCUT2D eigenvalue weighted by Crippen LogP contribution is -2.41. The van der Waals surface area contributed by atoms with Gasteiger partial charge >= 0.3 is 0 Å². The third-order valence-electron chi connectivity index (χ3n) is 4.31. The van der Waals surface area contributed by atoms with Crippen molar-refractivity contribution in [3.63, 3.8) is 0 Å². The Bertz CT molecular complexity index is 523. The maximum Gasteiger partial charge on any atom is 0.184 e. The molecule has 1 aliphatic heterocycles. The molecule has 0 saturated carbocycles. The van der Waals surface area contributed by atoms with E-state index < -0.39 is 0 Å². The van der Waals surface area contributed by atoms with Crippen molar-refractivity contribution in [3.8, 4) is 17.2 Å². The number of ether oxygens (including phenoxy) is 3. The lowest BCUT2D eigenvalue weighted by Gasteiger charge is -2.34. The van der Waals surface area contributed by atoms with Crippen LogP contribution < -0.4 is 14.2 Å². The van der Waals surface area contributed by atoms with Gasteiger partial charge in [0.2, 0.25) is 0 Å². The number of likely N-dealkylation sites (tertiary alicyclic amines) is 1. The topological polar surface area (TPSA) is 48.0 Å². The summed E-state index contributed by atoms with van der Waals surface area (Å²) in [6, 6.07) is 3.44. The number of rotatable bonds is 6. The Hall–Kier alpha value is -1.75. The van der Waals surface area contributed by atoms with Gasteiger partial charge in [-0.15, -0.1) is 0 Å². The summed E-state index contributed by atoms with van der Waals surface area (Å²) in [5.41, 5.74) is 0.488. The predicted molar refractivity (Wildman–Crippen MR) is 89.8 cm³/mol. The van der Waals surface area contributed by atoms with Gasteiger partial charge in [-0.1, -0.05) is 13.8 Å². The van der Waals surface area contributed by atoms with Crippen LogP contribution in [0.25, 0.3) is 0 Å². The molecule has 1 fully saturated rings. The van der Waals surface area contributed by atoms with Crippen LogP contribution in [0.15, 0.2) is 12.1 Å². The summed E-state index contributed by atoms with van der Waals surface area (Å²) >= 11 is 0. The summed E-state index contributed by atoms with van der Waals surface area (Å²) < 4.78 is 16.0. The van der Waals surface area contributed by atoms with Gasteiger partial charge in [-0.3, -0.25) is 9.69 Å². The molecule has 23 heavy (non-hydrogen) atoms. The minimum absolute atomic E-state index is 0.0163. The molecule has 2 rings (SSSR count). The molecule has 2 atom stereocenters. The molecule has 128 valence electrons. The van der Waals surface area contributed by atoms with Crippen molar-refractivity contribution in [1.82, 2.24) is 4.90 Å². The summed E-state index contributed by atoms with van der Waals surface area (Å²) in [5.74, 6) is 2.84. The lowest BCUT2D eigenvalue weighted by atomic mass is 9.91. The van der Waals surface area contributed by atoms with Crippen LogP contribution in [0.1, 0.15) is 30.6 Å². The summed E-state index contributed by atoms with van der Waals surface area (Å²) in [6.45, 7) is 6.77. The number of benzene rings is 1. The van der Waals surface area contributed by atoms with Crippen molar-refractivity contribution in [1.29, 1.82) is 0 Å².